The topological polar surface area (TPSA) is 37.6 Å². The first-order chi connectivity index (χ1) is 14.5. The van der Waals surface area contributed by atoms with E-state index in [1.54, 1.807) is 21.8 Å². The van der Waals surface area contributed by atoms with Crippen LogP contribution < -0.4 is 5.56 Å². The second kappa shape index (κ2) is 8.94. The third kappa shape index (κ3) is 4.86. The summed E-state index contributed by atoms with van der Waals surface area (Å²) in [4.78, 5) is 21.5. The molecule has 4 rings (SSSR count). The molecule has 2 heterocycles. The fourth-order valence-electron chi connectivity index (χ4n) is 3.64. The smallest absolute Gasteiger partial charge is 0.258 e. The van der Waals surface area contributed by atoms with Gasteiger partial charge < -0.3 is 0 Å². The van der Waals surface area contributed by atoms with Gasteiger partial charge in [0.1, 0.15) is 0 Å². The zero-order chi connectivity index (χ0) is 21.1. The molecule has 154 valence electrons. The van der Waals surface area contributed by atoms with E-state index in [1.165, 1.54) is 16.7 Å². The van der Waals surface area contributed by atoms with Crippen LogP contribution in [0.5, 0.6) is 0 Å². The number of hydrogen-bond acceptors (Lipinski definition) is 4. The van der Waals surface area contributed by atoms with Gasteiger partial charge in [0.2, 0.25) is 0 Å². The minimum absolute atomic E-state index is 0.0136. The van der Waals surface area contributed by atoms with Gasteiger partial charge in [0.25, 0.3) is 5.56 Å². The molecule has 0 spiro atoms. The summed E-state index contributed by atoms with van der Waals surface area (Å²) in [7, 11) is 0. The van der Waals surface area contributed by atoms with Crippen LogP contribution in [0.25, 0.3) is 4.96 Å². The van der Waals surface area contributed by atoms with E-state index in [4.69, 9.17) is 4.98 Å². The van der Waals surface area contributed by atoms with E-state index in [1.807, 2.05) is 19.2 Å². The number of aromatic nitrogens is 2. The molecule has 0 bridgehead atoms. The van der Waals surface area contributed by atoms with E-state index < -0.39 is 0 Å². The highest BCUT2D eigenvalue weighted by atomic mass is 32.1. The SMILES string of the molecule is Cc1cn2c(=O)cc(CN(Cc3ccccc3)Cc3ccc(C(C)C)cc3)nc2s1. The van der Waals surface area contributed by atoms with Crippen molar-refractivity contribution in [3.63, 3.8) is 0 Å². The first-order valence-electron chi connectivity index (χ1n) is 10.3. The van der Waals surface area contributed by atoms with Crippen LogP contribution >= 0.6 is 11.3 Å². The maximum atomic E-state index is 12.5. The fourth-order valence-corrected chi connectivity index (χ4v) is 4.49. The summed E-state index contributed by atoms with van der Waals surface area (Å²) in [5.41, 5.74) is 4.67. The molecule has 0 aliphatic heterocycles. The number of aryl methyl sites for hydroxylation is 1. The van der Waals surface area contributed by atoms with Crippen molar-refractivity contribution in [2.24, 2.45) is 0 Å². The molecule has 4 nitrogen and oxygen atoms in total. The lowest BCUT2D eigenvalue weighted by Gasteiger charge is -2.22. The molecule has 0 atom stereocenters. The average molecular weight is 418 g/mol. The Hall–Kier alpha value is -2.76. The molecular formula is C25H27N3OS. The van der Waals surface area contributed by atoms with Crippen molar-refractivity contribution in [2.75, 3.05) is 0 Å². The van der Waals surface area contributed by atoms with E-state index in [0.717, 1.165) is 28.6 Å². The van der Waals surface area contributed by atoms with Crippen molar-refractivity contribution < 1.29 is 0 Å². The minimum atomic E-state index is -0.0136. The zero-order valence-electron chi connectivity index (χ0n) is 17.7. The van der Waals surface area contributed by atoms with Gasteiger partial charge in [-0.15, -0.1) is 11.3 Å². The van der Waals surface area contributed by atoms with E-state index in [2.05, 4.69) is 67.3 Å². The molecule has 4 aromatic rings. The first kappa shape index (κ1) is 20.5. The molecule has 5 heteroatoms. The van der Waals surface area contributed by atoms with E-state index in [9.17, 15) is 4.79 Å². The van der Waals surface area contributed by atoms with Crippen LogP contribution in [0.4, 0.5) is 0 Å². The van der Waals surface area contributed by atoms with Crippen LogP contribution in [0, 0.1) is 6.92 Å². The van der Waals surface area contributed by atoms with Crippen molar-refractivity contribution >= 4 is 16.3 Å². The van der Waals surface area contributed by atoms with Gasteiger partial charge in [0.05, 0.1) is 5.69 Å². The van der Waals surface area contributed by atoms with Gasteiger partial charge in [-0.2, -0.15) is 0 Å². The number of thiazole rings is 1. The summed E-state index contributed by atoms with van der Waals surface area (Å²) >= 11 is 1.55. The summed E-state index contributed by atoms with van der Waals surface area (Å²) in [5.74, 6) is 0.526. The van der Waals surface area contributed by atoms with Crippen molar-refractivity contribution in [3.8, 4) is 0 Å². The van der Waals surface area contributed by atoms with Gasteiger partial charge in [0.15, 0.2) is 4.96 Å². The Morgan fingerprint density at radius 1 is 0.967 bits per heavy atom. The molecule has 0 fully saturated rings. The van der Waals surface area contributed by atoms with Crippen molar-refractivity contribution in [2.45, 2.75) is 46.3 Å². The van der Waals surface area contributed by atoms with Crippen LogP contribution in [0.3, 0.4) is 0 Å². The van der Waals surface area contributed by atoms with E-state index in [0.29, 0.717) is 12.5 Å². The summed E-state index contributed by atoms with van der Waals surface area (Å²) in [6.45, 7) is 8.66. The second-order valence-electron chi connectivity index (χ2n) is 8.11. The molecule has 0 amide bonds. The van der Waals surface area contributed by atoms with Gasteiger partial charge in [-0.05, 0) is 29.5 Å². The average Bonchev–Trinajstić information content (AvgIpc) is 3.10. The molecule has 0 saturated heterocycles. The highest BCUT2D eigenvalue weighted by Gasteiger charge is 2.12. The largest absolute Gasteiger partial charge is 0.289 e. The van der Waals surface area contributed by atoms with Crippen LogP contribution in [0.15, 0.2) is 71.7 Å². The number of nitrogens with zero attached hydrogens (tertiary/aromatic N) is 3. The normalized spacial score (nSPS) is 11.6. The van der Waals surface area contributed by atoms with Gasteiger partial charge >= 0.3 is 0 Å². The van der Waals surface area contributed by atoms with Gasteiger partial charge in [-0.25, -0.2) is 4.98 Å². The second-order valence-corrected chi connectivity index (χ2v) is 9.32. The molecule has 0 aliphatic carbocycles. The quantitative estimate of drug-likeness (QED) is 0.405. The summed E-state index contributed by atoms with van der Waals surface area (Å²) in [6, 6.07) is 21.0. The van der Waals surface area contributed by atoms with Gasteiger partial charge in [-0.1, -0.05) is 68.4 Å². The van der Waals surface area contributed by atoms with Gasteiger partial charge in [0, 0.05) is 36.8 Å². The Bertz CT molecular complexity index is 1180. The summed E-state index contributed by atoms with van der Waals surface area (Å²) < 4.78 is 1.63. The predicted molar refractivity (Wildman–Crippen MR) is 124 cm³/mol. The van der Waals surface area contributed by atoms with Crippen LogP contribution in [-0.4, -0.2) is 14.3 Å². The number of hydrogen-bond donors (Lipinski definition) is 0. The molecule has 0 aliphatic rings. The van der Waals surface area contributed by atoms with Crippen molar-refractivity contribution in [1.82, 2.24) is 14.3 Å². The van der Waals surface area contributed by atoms with Gasteiger partial charge in [-0.3, -0.25) is 14.1 Å². The first-order valence-corrected chi connectivity index (χ1v) is 11.1. The summed E-state index contributed by atoms with van der Waals surface area (Å²) in [6.07, 6.45) is 1.86. The van der Waals surface area contributed by atoms with E-state index >= 15 is 0 Å². The molecule has 0 N–H and O–H groups in total. The highest BCUT2D eigenvalue weighted by molar-refractivity contribution is 7.16. The van der Waals surface area contributed by atoms with Crippen LogP contribution in [0.1, 0.15) is 47.0 Å². The standard InChI is InChI=1S/C25H27N3OS/c1-18(2)22-11-9-21(10-12-22)16-27(15-20-7-5-4-6-8-20)17-23-13-24(29)28-14-19(3)30-25(28)26-23/h4-14,18H,15-17H2,1-3H3. The Morgan fingerprint density at radius 3 is 2.30 bits per heavy atom. The lowest BCUT2D eigenvalue weighted by Crippen LogP contribution is -2.24. The fraction of sp³-hybridized carbons (Fsp3) is 0.280. The minimum Gasteiger partial charge on any atom is -0.289 e. The molecule has 0 unspecified atom stereocenters. The number of rotatable bonds is 7. The number of benzene rings is 2. The molecule has 0 saturated carbocycles. The Labute approximate surface area is 181 Å². The Morgan fingerprint density at radius 2 is 1.63 bits per heavy atom. The van der Waals surface area contributed by atoms with Crippen LogP contribution in [-0.2, 0) is 19.6 Å². The highest BCUT2D eigenvalue weighted by Crippen LogP contribution is 2.19. The van der Waals surface area contributed by atoms with Crippen LogP contribution in [0.2, 0.25) is 0 Å². The monoisotopic (exact) mass is 417 g/mol. The molecule has 2 aromatic heterocycles. The maximum absolute atomic E-state index is 12.5. The Kier molecular flexibility index (Phi) is 6.11. The third-order valence-electron chi connectivity index (χ3n) is 5.22. The van der Waals surface area contributed by atoms with E-state index in [-0.39, 0.29) is 5.56 Å². The lowest BCUT2D eigenvalue weighted by molar-refractivity contribution is 0.244. The van der Waals surface area contributed by atoms with Crippen molar-refractivity contribution in [1.29, 1.82) is 0 Å². The molecule has 2 aromatic carbocycles. The predicted octanol–water partition coefficient (Wildman–Crippen LogP) is 5.39. The molecule has 30 heavy (non-hydrogen) atoms. The lowest BCUT2D eigenvalue weighted by atomic mass is 10.0. The maximum Gasteiger partial charge on any atom is 0.258 e. The Balaban J connectivity index is 1.60. The summed E-state index contributed by atoms with van der Waals surface area (Å²) in [5, 5.41) is 0. The van der Waals surface area contributed by atoms with Crippen molar-refractivity contribution in [3.05, 3.63) is 104 Å². The zero-order valence-corrected chi connectivity index (χ0v) is 18.5. The molecule has 0 radical (unpaired) electrons. The molecular weight excluding hydrogens is 390 g/mol. The number of fused-ring (bicyclic) bond motifs is 1. The third-order valence-corrected chi connectivity index (χ3v) is 6.12.